The van der Waals surface area contributed by atoms with E-state index in [2.05, 4.69) is 20.7 Å². The summed E-state index contributed by atoms with van der Waals surface area (Å²) in [6.07, 6.45) is 7.12. The fourth-order valence-corrected chi connectivity index (χ4v) is 4.33. The van der Waals surface area contributed by atoms with E-state index in [1.807, 2.05) is 42.5 Å². The number of aromatic nitrogens is 3. The lowest BCUT2D eigenvalue weighted by molar-refractivity contribution is -0.138. The van der Waals surface area contributed by atoms with Gasteiger partial charge >= 0.3 is 0 Å². The van der Waals surface area contributed by atoms with Crippen molar-refractivity contribution in [2.24, 2.45) is 0 Å². The van der Waals surface area contributed by atoms with E-state index in [1.165, 1.54) is 4.68 Å². The lowest BCUT2D eigenvalue weighted by Gasteiger charge is -2.18. The minimum Gasteiger partial charge on any atom is -0.490 e. The molecule has 6 rings (SSSR count). The van der Waals surface area contributed by atoms with Crippen molar-refractivity contribution < 1.29 is 23.9 Å². The molecule has 2 aromatic heterocycles. The minimum absolute atomic E-state index is 0.108. The number of benzene rings is 2. The SMILES string of the molecule is CCNC(=O)C(=O)[C@@H]1Cc2ccc(cc2)OC/C=C/COc2cccc(c2)-c2ccn(n2)-c2ncccc2C(=O)N1. The van der Waals surface area contributed by atoms with E-state index in [0.29, 0.717) is 30.4 Å². The molecule has 1 atom stereocenters. The fraction of sp³-hybridized carbons (Fsp3) is 0.194. The third kappa shape index (κ3) is 6.67. The van der Waals surface area contributed by atoms with Crippen molar-refractivity contribution in [1.82, 2.24) is 25.4 Å². The summed E-state index contributed by atoms with van der Waals surface area (Å²) in [6, 6.07) is 18.6. The summed E-state index contributed by atoms with van der Waals surface area (Å²) < 4.78 is 13.1. The Balaban J connectivity index is 1.52. The number of fused-ring (bicyclic) bond motifs is 9. The number of hydrogen-bond acceptors (Lipinski definition) is 7. The first-order valence-corrected chi connectivity index (χ1v) is 13.3. The molecule has 41 heavy (non-hydrogen) atoms. The number of likely N-dealkylation sites (N-methyl/N-ethyl adjacent to an activating group) is 1. The number of Topliss-reactive ketones (excluding diaryl/α,β-unsaturated/α-hetero) is 1. The highest BCUT2D eigenvalue weighted by Gasteiger charge is 2.28. The van der Waals surface area contributed by atoms with Crippen molar-refractivity contribution in [3.63, 3.8) is 0 Å². The second-order valence-electron chi connectivity index (χ2n) is 9.24. The summed E-state index contributed by atoms with van der Waals surface area (Å²) in [5.74, 6) is -0.461. The molecule has 0 unspecified atom stereocenters. The fourth-order valence-electron chi connectivity index (χ4n) is 4.33. The molecule has 2 aromatic carbocycles. The highest BCUT2D eigenvalue weighted by molar-refractivity contribution is 6.38. The van der Waals surface area contributed by atoms with Crippen LogP contribution >= 0.6 is 0 Å². The second kappa shape index (κ2) is 12.7. The van der Waals surface area contributed by atoms with Gasteiger partial charge in [-0.25, -0.2) is 9.67 Å². The molecule has 0 aliphatic carbocycles. The zero-order valence-electron chi connectivity index (χ0n) is 22.4. The predicted octanol–water partition coefficient (Wildman–Crippen LogP) is 3.31. The van der Waals surface area contributed by atoms with Crippen molar-refractivity contribution >= 4 is 17.6 Å². The summed E-state index contributed by atoms with van der Waals surface area (Å²) in [6.45, 7) is 2.73. The van der Waals surface area contributed by atoms with Crippen LogP contribution in [-0.4, -0.2) is 58.2 Å². The molecule has 2 N–H and O–H groups in total. The van der Waals surface area contributed by atoms with Crippen LogP contribution in [0.3, 0.4) is 0 Å². The first kappa shape index (κ1) is 27.3. The Hall–Kier alpha value is -5.25. The highest BCUT2D eigenvalue weighted by atomic mass is 16.5. The van der Waals surface area contributed by atoms with Gasteiger partial charge in [0.1, 0.15) is 30.8 Å². The number of carbonyl (C=O) groups excluding carboxylic acids is 3. The van der Waals surface area contributed by atoms with Crippen molar-refractivity contribution in [2.45, 2.75) is 19.4 Å². The van der Waals surface area contributed by atoms with E-state index >= 15 is 0 Å². The van der Waals surface area contributed by atoms with Crippen LogP contribution in [0.4, 0.5) is 0 Å². The topological polar surface area (TPSA) is 124 Å². The number of ketones is 1. The molecule has 10 heteroatoms. The maximum atomic E-state index is 13.5. The van der Waals surface area contributed by atoms with Crippen LogP contribution in [0.1, 0.15) is 22.8 Å². The van der Waals surface area contributed by atoms with E-state index in [0.717, 1.165) is 11.1 Å². The Morgan fingerprint density at radius 3 is 2.56 bits per heavy atom. The normalized spacial score (nSPS) is 16.0. The molecular weight excluding hydrogens is 522 g/mol. The van der Waals surface area contributed by atoms with Gasteiger partial charge in [0.05, 0.1) is 11.3 Å². The van der Waals surface area contributed by atoms with E-state index < -0.39 is 23.6 Å². The average molecular weight is 552 g/mol. The van der Waals surface area contributed by atoms with Crippen LogP contribution in [0.25, 0.3) is 17.1 Å². The molecule has 2 aliphatic rings. The number of carbonyl (C=O) groups is 3. The Morgan fingerprint density at radius 1 is 1.00 bits per heavy atom. The van der Waals surface area contributed by atoms with Crippen molar-refractivity contribution in [2.75, 3.05) is 19.8 Å². The largest absolute Gasteiger partial charge is 0.490 e. The van der Waals surface area contributed by atoms with Crippen LogP contribution in [0, 0.1) is 0 Å². The van der Waals surface area contributed by atoms with Crippen LogP contribution < -0.4 is 20.1 Å². The number of nitrogens with zero attached hydrogens (tertiary/aromatic N) is 3. The summed E-state index contributed by atoms with van der Waals surface area (Å²) in [4.78, 5) is 43.5. The Bertz CT molecular complexity index is 1580. The smallest absolute Gasteiger partial charge is 0.289 e. The van der Waals surface area contributed by atoms with Gasteiger partial charge in [-0.3, -0.25) is 14.4 Å². The lowest BCUT2D eigenvalue weighted by atomic mass is 10.0. The number of rotatable bonds is 3. The van der Waals surface area contributed by atoms with Crippen molar-refractivity contribution in [3.05, 3.63) is 102 Å². The van der Waals surface area contributed by atoms with Crippen LogP contribution in [0.5, 0.6) is 11.5 Å². The van der Waals surface area contributed by atoms with Gasteiger partial charge < -0.3 is 20.1 Å². The second-order valence-corrected chi connectivity index (χ2v) is 9.24. The number of pyridine rings is 1. The van der Waals surface area contributed by atoms with Gasteiger partial charge in [0.15, 0.2) is 5.82 Å². The van der Waals surface area contributed by atoms with Gasteiger partial charge in [0.2, 0.25) is 5.78 Å². The molecule has 0 saturated carbocycles. The van der Waals surface area contributed by atoms with Crippen molar-refractivity contribution in [3.8, 4) is 28.6 Å². The third-order valence-electron chi connectivity index (χ3n) is 6.37. The van der Waals surface area contributed by atoms with Gasteiger partial charge in [-0.1, -0.05) is 24.3 Å². The first-order valence-electron chi connectivity index (χ1n) is 13.3. The summed E-state index contributed by atoms with van der Waals surface area (Å²) in [7, 11) is 0. The molecule has 6 bridgehead atoms. The first-order chi connectivity index (χ1) is 20.0. The standard InChI is InChI=1S/C31H29N5O5/c1-2-32-31(39)28(37)27-19-21-10-12-23(13-11-21)40-17-3-4-18-41-24-8-5-7-22(20-24)26-14-16-36(35-26)29-25(30(38)34-27)9-6-15-33-29/h3-16,20,27H,2,17-19H2,1H3,(H,32,39)(H,34,38)/b4-3+/t27-/m0/s1. The van der Waals surface area contributed by atoms with E-state index in [1.54, 1.807) is 55.7 Å². The average Bonchev–Trinajstić information content (AvgIpc) is 3.49. The summed E-state index contributed by atoms with van der Waals surface area (Å²) in [5.41, 5.74) is 2.43. The molecule has 208 valence electrons. The minimum atomic E-state index is -1.11. The quantitative estimate of drug-likeness (QED) is 0.296. The zero-order chi connectivity index (χ0) is 28.6. The zero-order valence-corrected chi connectivity index (χ0v) is 22.4. The van der Waals surface area contributed by atoms with Crippen LogP contribution in [0.2, 0.25) is 0 Å². The molecule has 10 nitrogen and oxygen atoms in total. The molecule has 4 aromatic rings. The number of hydrogen-bond donors (Lipinski definition) is 2. The van der Waals surface area contributed by atoms with E-state index in [4.69, 9.17) is 9.47 Å². The van der Waals surface area contributed by atoms with Gasteiger partial charge in [0.25, 0.3) is 11.8 Å². The molecule has 0 fully saturated rings. The van der Waals surface area contributed by atoms with Gasteiger partial charge in [-0.2, -0.15) is 5.10 Å². The Labute approximate surface area is 237 Å². The number of nitrogens with one attached hydrogen (secondary N) is 2. The Kier molecular flexibility index (Phi) is 8.49. The number of amides is 2. The van der Waals surface area contributed by atoms with Gasteiger partial charge in [0, 0.05) is 30.9 Å². The van der Waals surface area contributed by atoms with E-state index in [9.17, 15) is 14.4 Å². The maximum absolute atomic E-state index is 13.5. The van der Waals surface area contributed by atoms with Gasteiger partial charge in [-0.15, -0.1) is 0 Å². The maximum Gasteiger partial charge on any atom is 0.289 e. The molecule has 0 radical (unpaired) electrons. The molecule has 4 heterocycles. The summed E-state index contributed by atoms with van der Waals surface area (Å²) in [5, 5.41) is 9.92. The molecular formula is C31H29N5O5. The molecule has 0 saturated heterocycles. The van der Waals surface area contributed by atoms with Crippen LogP contribution in [0.15, 0.2) is 91.3 Å². The Morgan fingerprint density at radius 2 is 1.78 bits per heavy atom. The van der Waals surface area contributed by atoms with E-state index in [-0.39, 0.29) is 24.3 Å². The van der Waals surface area contributed by atoms with Crippen molar-refractivity contribution in [1.29, 1.82) is 0 Å². The third-order valence-corrected chi connectivity index (χ3v) is 6.37. The molecule has 0 spiro atoms. The highest BCUT2D eigenvalue weighted by Crippen LogP contribution is 2.24. The molecule has 2 aliphatic heterocycles. The number of ether oxygens (including phenoxy) is 2. The monoisotopic (exact) mass is 551 g/mol. The molecule has 2 amide bonds. The lowest BCUT2D eigenvalue weighted by Crippen LogP contribution is -2.48. The predicted molar refractivity (Wildman–Crippen MR) is 152 cm³/mol. The summed E-state index contributed by atoms with van der Waals surface area (Å²) >= 11 is 0. The van der Waals surface area contributed by atoms with Crippen LogP contribution in [-0.2, 0) is 16.0 Å². The van der Waals surface area contributed by atoms with Gasteiger partial charge in [-0.05, 0) is 67.1 Å².